The molecule has 2 N–H and O–H groups in total. The van der Waals surface area contributed by atoms with Crippen LogP contribution in [0.1, 0.15) is 59.3 Å². The summed E-state index contributed by atoms with van der Waals surface area (Å²) in [5, 5.41) is 12.1. The van der Waals surface area contributed by atoms with Crippen molar-refractivity contribution >= 4 is 12.1 Å². The van der Waals surface area contributed by atoms with E-state index < -0.39 is 17.7 Å². The molecular weight excluding hydrogens is 284 g/mol. The maximum Gasteiger partial charge on any atom is 0.407 e. The fraction of sp³-hybridized carbons (Fsp3) is 0.875. The summed E-state index contributed by atoms with van der Waals surface area (Å²) in [6.07, 6.45) is 5.67. The Bertz CT molecular complexity index is 415. The molecule has 0 heterocycles. The second-order valence-electron chi connectivity index (χ2n) is 7.40. The van der Waals surface area contributed by atoms with Crippen LogP contribution in [0, 0.1) is 0 Å². The van der Waals surface area contributed by atoms with E-state index in [1.165, 1.54) is 0 Å². The van der Waals surface area contributed by atoms with Gasteiger partial charge in [-0.2, -0.15) is 0 Å². The van der Waals surface area contributed by atoms with Gasteiger partial charge in [0.1, 0.15) is 5.60 Å². The summed E-state index contributed by atoms with van der Waals surface area (Å²) < 4.78 is 5.34. The van der Waals surface area contributed by atoms with Gasteiger partial charge in [-0.3, -0.25) is 9.69 Å². The molecule has 0 spiro atoms. The van der Waals surface area contributed by atoms with Crippen molar-refractivity contribution in [3.63, 3.8) is 0 Å². The number of carbonyl (C=O) groups excluding carboxylic acids is 1. The van der Waals surface area contributed by atoms with Crippen molar-refractivity contribution in [1.82, 2.24) is 10.2 Å². The normalized spacial score (nSPS) is 25.8. The molecule has 126 valence electrons. The number of hydrogen-bond donors (Lipinski definition) is 2. The molecule has 0 aromatic rings. The van der Waals surface area contributed by atoms with E-state index in [0.29, 0.717) is 6.04 Å². The molecule has 2 saturated carbocycles. The van der Waals surface area contributed by atoms with Crippen LogP contribution < -0.4 is 5.32 Å². The molecule has 0 aliphatic heterocycles. The smallest absolute Gasteiger partial charge is 0.407 e. The number of amides is 1. The summed E-state index contributed by atoms with van der Waals surface area (Å²) in [6, 6.07) is 0.440. The zero-order valence-corrected chi connectivity index (χ0v) is 13.8. The topological polar surface area (TPSA) is 78.9 Å². The molecule has 2 atom stereocenters. The van der Waals surface area contributed by atoms with Crippen molar-refractivity contribution in [3.8, 4) is 0 Å². The Morgan fingerprint density at radius 2 is 1.82 bits per heavy atom. The minimum atomic E-state index is -0.798. The van der Waals surface area contributed by atoms with Crippen LogP contribution in [0.2, 0.25) is 0 Å². The first-order valence-electron chi connectivity index (χ1n) is 8.23. The number of carboxylic acid groups (broad SMARTS) is 1. The lowest BCUT2D eigenvalue weighted by molar-refractivity contribution is -0.139. The molecule has 2 fully saturated rings. The molecule has 0 aromatic carbocycles. The second-order valence-corrected chi connectivity index (χ2v) is 7.40. The molecule has 0 bridgehead atoms. The van der Waals surface area contributed by atoms with Gasteiger partial charge < -0.3 is 15.2 Å². The van der Waals surface area contributed by atoms with E-state index in [9.17, 15) is 9.59 Å². The van der Waals surface area contributed by atoms with E-state index in [4.69, 9.17) is 9.84 Å². The molecule has 0 radical (unpaired) electrons. The Labute approximate surface area is 132 Å². The Morgan fingerprint density at radius 3 is 2.36 bits per heavy atom. The van der Waals surface area contributed by atoms with Crippen LogP contribution in [0.4, 0.5) is 4.79 Å². The van der Waals surface area contributed by atoms with Gasteiger partial charge in [0.05, 0.1) is 6.54 Å². The van der Waals surface area contributed by atoms with Crippen molar-refractivity contribution in [1.29, 1.82) is 0 Å². The van der Waals surface area contributed by atoms with Gasteiger partial charge in [-0.15, -0.1) is 0 Å². The van der Waals surface area contributed by atoms with E-state index >= 15 is 0 Å². The highest BCUT2D eigenvalue weighted by molar-refractivity contribution is 5.69. The predicted octanol–water partition coefficient (Wildman–Crippen LogP) is 2.37. The predicted molar refractivity (Wildman–Crippen MR) is 82.8 cm³/mol. The third kappa shape index (κ3) is 5.16. The van der Waals surface area contributed by atoms with E-state index in [1.807, 2.05) is 20.8 Å². The Morgan fingerprint density at radius 1 is 1.18 bits per heavy atom. The van der Waals surface area contributed by atoms with Gasteiger partial charge in [0.25, 0.3) is 0 Å². The molecule has 2 aliphatic carbocycles. The summed E-state index contributed by atoms with van der Waals surface area (Å²) in [6.45, 7) is 5.57. The van der Waals surface area contributed by atoms with Crippen LogP contribution in [0.25, 0.3) is 0 Å². The zero-order chi connectivity index (χ0) is 16.3. The van der Waals surface area contributed by atoms with Gasteiger partial charge in [-0.1, -0.05) is 12.8 Å². The fourth-order valence-corrected chi connectivity index (χ4v) is 3.22. The lowest BCUT2D eigenvalue weighted by atomic mass is 9.89. The summed E-state index contributed by atoms with van der Waals surface area (Å²) >= 11 is 0. The number of aliphatic carboxylic acids is 1. The molecule has 2 rings (SSSR count). The third-order valence-corrected chi connectivity index (χ3v) is 4.19. The lowest BCUT2D eigenvalue weighted by Gasteiger charge is -2.40. The number of carboxylic acids is 1. The van der Waals surface area contributed by atoms with E-state index in [0.717, 1.165) is 38.5 Å². The van der Waals surface area contributed by atoms with Gasteiger partial charge >= 0.3 is 12.1 Å². The third-order valence-electron chi connectivity index (χ3n) is 4.19. The number of alkyl carbamates (subject to hydrolysis) is 1. The molecule has 0 aromatic heterocycles. The van der Waals surface area contributed by atoms with Crippen molar-refractivity contribution < 1.29 is 19.4 Å². The number of nitrogens with one attached hydrogen (secondary N) is 1. The van der Waals surface area contributed by atoms with Gasteiger partial charge in [-0.05, 0) is 46.5 Å². The minimum Gasteiger partial charge on any atom is -0.480 e. The maximum atomic E-state index is 12.0. The van der Waals surface area contributed by atoms with Crippen LogP contribution in [-0.4, -0.2) is 52.3 Å². The molecular formula is C16H28N2O4. The van der Waals surface area contributed by atoms with Crippen LogP contribution in [0.3, 0.4) is 0 Å². The van der Waals surface area contributed by atoms with Crippen LogP contribution in [-0.2, 0) is 9.53 Å². The van der Waals surface area contributed by atoms with Crippen LogP contribution in [0.15, 0.2) is 0 Å². The summed E-state index contributed by atoms with van der Waals surface area (Å²) in [7, 11) is 0. The number of hydrogen-bond acceptors (Lipinski definition) is 4. The van der Waals surface area contributed by atoms with E-state index in [-0.39, 0.29) is 18.6 Å². The standard InChI is InChI=1S/C16H28N2O4/c1-16(2,3)22-15(21)17-12-6-4-5-7-13(12)18(10-14(19)20)11-8-9-11/h11-13H,4-10H2,1-3H3,(H,17,21)(H,19,20)/t12-,13-/m1/s1. The molecule has 6 nitrogen and oxygen atoms in total. The second kappa shape index (κ2) is 6.86. The van der Waals surface area contributed by atoms with Crippen molar-refractivity contribution in [3.05, 3.63) is 0 Å². The summed E-state index contributed by atoms with van der Waals surface area (Å²) in [4.78, 5) is 25.3. The first kappa shape index (κ1) is 17.1. The molecule has 0 unspecified atom stereocenters. The Balaban J connectivity index is 2.00. The number of nitrogens with zero attached hydrogens (tertiary/aromatic N) is 1. The average molecular weight is 312 g/mol. The SMILES string of the molecule is CC(C)(C)OC(=O)N[C@@H]1CCCC[C@H]1N(CC(=O)O)C1CC1. The molecule has 22 heavy (non-hydrogen) atoms. The molecule has 2 aliphatic rings. The van der Waals surface area contributed by atoms with Gasteiger partial charge in [-0.25, -0.2) is 4.79 Å². The molecule has 0 saturated heterocycles. The lowest BCUT2D eigenvalue weighted by Crippen LogP contribution is -2.55. The van der Waals surface area contributed by atoms with Crippen LogP contribution in [0.5, 0.6) is 0 Å². The fourth-order valence-electron chi connectivity index (χ4n) is 3.22. The Kier molecular flexibility index (Phi) is 5.32. The van der Waals surface area contributed by atoms with Gasteiger partial charge in [0.2, 0.25) is 0 Å². The number of rotatable bonds is 5. The summed E-state index contributed by atoms with van der Waals surface area (Å²) in [5.74, 6) is -0.798. The minimum absolute atomic E-state index is 0.0245. The first-order valence-corrected chi connectivity index (χ1v) is 8.23. The van der Waals surface area contributed by atoms with Gasteiger partial charge in [0.15, 0.2) is 0 Å². The zero-order valence-electron chi connectivity index (χ0n) is 13.8. The largest absolute Gasteiger partial charge is 0.480 e. The highest BCUT2D eigenvalue weighted by Crippen LogP contribution is 2.33. The van der Waals surface area contributed by atoms with Gasteiger partial charge in [0, 0.05) is 18.1 Å². The Hall–Kier alpha value is -1.30. The molecule has 1 amide bonds. The highest BCUT2D eigenvalue weighted by atomic mass is 16.6. The first-order chi connectivity index (χ1) is 10.3. The monoisotopic (exact) mass is 312 g/mol. The van der Waals surface area contributed by atoms with Crippen molar-refractivity contribution in [2.45, 2.75) is 83.0 Å². The summed E-state index contributed by atoms with van der Waals surface area (Å²) in [5.41, 5.74) is -0.522. The van der Waals surface area contributed by atoms with Crippen LogP contribution >= 0.6 is 0 Å². The maximum absolute atomic E-state index is 12.0. The van der Waals surface area contributed by atoms with E-state index in [2.05, 4.69) is 10.2 Å². The molecule has 6 heteroatoms. The van der Waals surface area contributed by atoms with Crippen molar-refractivity contribution in [2.75, 3.05) is 6.54 Å². The number of carbonyl (C=O) groups is 2. The number of ether oxygens (including phenoxy) is 1. The average Bonchev–Trinajstić information content (AvgIpc) is 3.18. The van der Waals surface area contributed by atoms with Crippen molar-refractivity contribution in [2.24, 2.45) is 0 Å². The van der Waals surface area contributed by atoms with E-state index in [1.54, 1.807) is 0 Å². The highest BCUT2D eigenvalue weighted by Gasteiger charge is 2.40. The quantitative estimate of drug-likeness (QED) is 0.815.